The Morgan fingerprint density at radius 3 is 2.89 bits per heavy atom. The molecule has 7 heteroatoms. The third-order valence-corrected chi connectivity index (χ3v) is 5.32. The van der Waals surface area contributed by atoms with Crippen molar-refractivity contribution in [3.63, 3.8) is 0 Å². The molecule has 2 fully saturated rings. The molecule has 2 saturated heterocycles. The molecule has 1 aromatic carbocycles. The topological polar surface area (TPSA) is 53.1 Å². The maximum absolute atomic E-state index is 13.4. The summed E-state index contributed by atoms with van der Waals surface area (Å²) in [7, 11) is 1.61. The standard InChI is InChI=1S/C20H28FN3O3/c1-27-11-10-24-15-17(13-19(24)25)20(26)23-7-3-6-22(8-9-23)14-16-4-2-5-18(21)12-16/h2,4-5,12,17H,3,6-11,13-15H2,1H3/t17-/m0/s1. The maximum atomic E-state index is 13.4. The highest BCUT2D eigenvalue weighted by atomic mass is 19.1. The highest BCUT2D eigenvalue weighted by Gasteiger charge is 2.36. The monoisotopic (exact) mass is 377 g/mol. The van der Waals surface area contributed by atoms with Crippen LogP contribution >= 0.6 is 0 Å². The van der Waals surface area contributed by atoms with E-state index in [0.29, 0.717) is 45.8 Å². The number of benzene rings is 1. The third-order valence-electron chi connectivity index (χ3n) is 5.32. The van der Waals surface area contributed by atoms with Crippen molar-refractivity contribution in [1.29, 1.82) is 0 Å². The molecule has 0 radical (unpaired) electrons. The van der Waals surface area contributed by atoms with Gasteiger partial charge in [-0.1, -0.05) is 12.1 Å². The molecule has 3 rings (SSSR count). The first-order chi connectivity index (χ1) is 13.1. The van der Waals surface area contributed by atoms with Gasteiger partial charge in [0.1, 0.15) is 5.82 Å². The Balaban J connectivity index is 1.51. The van der Waals surface area contributed by atoms with E-state index < -0.39 is 0 Å². The van der Waals surface area contributed by atoms with Gasteiger partial charge in [-0.3, -0.25) is 14.5 Å². The molecule has 0 aliphatic carbocycles. The number of likely N-dealkylation sites (tertiary alicyclic amines) is 1. The van der Waals surface area contributed by atoms with Crippen LogP contribution in [0.25, 0.3) is 0 Å². The summed E-state index contributed by atoms with van der Waals surface area (Å²) in [5.74, 6) is -0.351. The average molecular weight is 377 g/mol. The molecule has 6 nitrogen and oxygen atoms in total. The van der Waals surface area contributed by atoms with E-state index >= 15 is 0 Å². The molecule has 0 N–H and O–H groups in total. The molecule has 2 heterocycles. The summed E-state index contributed by atoms with van der Waals surface area (Å²) in [5.41, 5.74) is 0.949. The van der Waals surface area contributed by atoms with Crippen molar-refractivity contribution in [2.45, 2.75) is 19.4 Å². The Morgan fingerprint density at radius 1 is 1.26 bits per heavy atom. The van der Waals surface area contributed by atoms with E-state index in [1.54, 1.807) is 24.1 Å². The summed E-state index contributed by atoms with van der Waals surface area (Å²) < 4.78 is 18.4. The number of hydrogen-bond acceptors (Lipinski definition) is 4. The van der Waals surface area contributed by atoms with Gasteiger partial charge < -0.3 is 14.5 Å². The maximum Gasteiger partial charge on any atom is 0.228 e. The quantitative estimate of drug-likeness (QED) is 0.751. The second-order valence-corrected chi connectivity index (χ2v) is 7.32. The van der Waals surface area contributed by atoms with Gasteiger partial charge in [0.25, 0.3) is 0 Å². The van der Waals surface area contributed by atoms with Crippen molar-refractivity contribution >= 4 is 11.8 Å². The Hall–Kier alpha value is -1.99. The minimum absolute atomic E-state index is 0.0351. The summed E-state index contributed by atoms with van der Waals surface area (Å²) >= 11 is 0. The first kappa shape index (κ1) is 19.8. The Bertz CT molecular complexity index is 670. The van der Waals surface area contributed by atoms with Gasteiger partial charge >= 0.3 is 0 Å². The summed E-state index contributed by atoms with van der Waals surface area (Å²) in [6, 6.07) is 6.66. The number of rotatable bonds is 6. The van der Waals surface area contributed by atoms with Gasteiger partial charge in [0.2, 0.25) is 11.8 Å². The molecule has 2 aliphatic heterocycles. The second-order valence-electron chi connectivity index (χ2n) is 7.32. The summed E-state index contributed by atoms with van der Waals surface area (Å²) in [6.45, 7) is 5.21. The fourth-order valence-electron chi connectivity index (χ4n) is 3.86. The Labute approximate surface area is 159 Å². The van der Waals surface area contributed by atoms with E-state index in [9.17, 15) is 14.0 Å². The number of amides is 2. The molecule has 2 amide bonds. The lowest BCUT2D eigenvalue weighted by Crippen LogP contribution is -2.40. The van der Waals surface area contributed by atoms with Crippen molar-refractivity contribution in [3.05, 3.63) is 35.6 Å². The van der Waals surface area contributed by atoms with Crippen LogP contribution in [0.2, 0.25) is 0 Å². The number of carbonyl (C=O) groups excluding carboxylic acids is 2. The highest BCUT2D eigenvalue weighted by molar-refractivity contribution is 5.89. The van der Waals surface area contributed by atoms with Gasteiger partial charge in [0.05, 0.1) is 12.5 Å². The van der Waals surface area contributed by atoms with Crippen LogP contribution in [0.5, 0.6) is 0 Å². The first-order valence-electron chi connectivity index (χ1n) is 9.59. The van der Waals surface area contributed by atoms with Crippen LogP contribution in [0.4, 0.5) is 4.39 Å². The lowest BCUT2D eigenvalue weighted by atomic mass is 10.1. The lowest BCUT2D eigenvalue weighted by Gasteiger charge is -2.24. The van der Waals surface area contributed by atoms with Crippen molar-refractivity contribution in [3.8, 4) is 0 Å². The minimum atomic E-state index is -0.246. The largest absolute Gasteiger partial charge is 0.383 e. The van der Waals surface area contributed by atoms with Crippen molar-refractivity contribution < 1.29 is 18.7 Å². The van der Waals surface area contributed by atoms with Crippen molar-refractivity contribution in [2.75, 3.05) is 53.0 Å². The van der Waals surface area contributed by atoms with Crippen molar-refractivity contribution in [1.82, 2.24) is 14.7 Å². The predicted octanol–water partition coefficient (Wildman–Crippen LogP) is 1.35. The predicted molar refractivity (Wildman–Crippen MR) is 99.4 cm³/mol. The summed E-state index contributed by atoms with van der Waals surface area (Å²) in [5, 5.41) is 0. The van der Waals surface area contributed by atoms with Crippen LogP contribution in [0.15, 0.2) is 24.3 Å². The summed E-state index contributed by atoms with van der Waals surface area (Å²) in [6.07, 6.45) is 1.18. The molecule has 148 valence electrons. The minimum Gasteiger partial charge on any atom is -0.383 e. The van der Waals surface area contributed by atoms with Crippen LogP contribution in [0, 0.1) is 11.7 Å². The molecule has 0 spiro atoms. The van der Waals surface area contributed by atoms with Gasteiger partial charge in [-0.05, 0) is 24.1 Å². The molecule has 0 saturated carbocycles. The van der Waals surface area contributed by atoms with Gasteiger partial charge in [-0.25, -0.2) is 4.39 Å². The zero-order chi connectivity index (χ0) is 19.2. The van der Waals surface area contributed by atoms with Crippen LogP contribution in [-0.2, 0) is 20.9 Å². The fourth-order valence-corrected chi connectivity index (χ4v) is 3.86. The van der Waals surface area contributed by atoms with E-state index in [2.05, 4.69) is 4.90 Å². The molecule has 27 heavy (non-hydrogen) atoms. The molecular weight excluding hydrogens is 349 g/mol. The Kier molecular flexibility index (Phi) is 6.79. The third kappa shape index (κ3) is 5.26. The number of hydrogen-bond donors (Lipinski definition) is 0. The van der Waals surface area contributed by atoms with Crippen molar-refractivity contribution in [2.24, 2.45) is 5.92 Å². The average Bonchev–Trinajstić information content (AvgIpc) is 2.86. The molecule has 0 bridgehead atoms. The molecule has 0 unspecified atom stereocenters. The van der Waals surface area contributed by atoms with E-state index in [0.717, 1.165) is 25.1 Å². The molecule has 2 aliphatic rings. The van der Waals surface area contributed by atoms with Crippen LogP contribution in [0.1, 0.15) is 18.4 Å². The zero-order valence-corrected chi connectivity index (χ0v) is 15.9. The van der Waals surface area contributed by atoms with Crippen LogP contribution < -0.4 is 0 Å². The SMILES string of the molecule is COCCN1C[C@@H](C(=O)N2CCCN(Cc3cccc(F)c3)CC2)CC1=O. The molecular formula is C20H28FN3O3. The van der Waals surface area contributed by atoms with Crippen LogP contribution in [0.3, 0.4) is 0 Å². The lowest BCUT2D eigenvalue weighted by molar-refractivity contribution is -0.135. The second kappa shape index (κ2) is 9.28. The highest BCUT2D eigenvalue weighted by Crippen LogP contribution is 2.21. The van der Waals surface area contributed by atoms with Crippen LogP contribution in [-0.4, -0.2) is 79.5 Å². The number of carbonyl (C=O) groups is 2. The smallest absolute Gasteiger partial charge is 0.228 e. The van der Waals surface area contributed by atoms with E-state index in [-0.39, 0.29) is 23.5 Å². The zero-order valence-electron chi connectivity index (χ0n) is 15.9. The van der Waals surface area contributed by atoms with E-state index in [1.165, 1.54) is 6.07 Å². The fraction of sp³-hybridized carbons (Fsp3) is 0.600. The number of nitrogens with zero attached hydrogens (tertiary/aromatic N) is 3. The molecule has 1 aromatic rings. The number of ether oxygens (including phenoxy) is 1. The number of halogens is 1. The molecule has 0 aromatic heterocycles. The van der Waals surface area contributed by atoms with E-state index in [4.69, 9.17) is 4.74 Å². The molecule has 1 atom stereocenters. The van der Waals surface area contributed by atoms with Gasteiger partial charge in [-0.15, -0.1) is 0 Å². The normalized spacial score (nSPS) is 21.6. The first-order valence-corrected chi connectivity index (χ1v) is 9.59. The number of methoxy groups -OCH3 is 1. The van der Waals surface area contributed by atoms with Gasteiger partial charge in [-0.2, -0.15) is 0 Å². The Morgan fingerprint density at radius 2 is 2.11 bits per heavy atom. The summed E-state index contributed by atoms with van der Waals surface area (Å²) in [4.78, 5) is 30.8. The van der Waals surface area contributed by atoms with Gasteiger partial charge in [0, 0.05) is 59.3 Å². The van der Waals surface area contributed by atoms with E-state index in [1.807, 2.05) is 11.0 Å². The van der Waals surface area contributed by atoms with Gasteiger partial charge in [0.15, 0.2) is 0 Å².